The molecule has 1 rings (SSSR count). The van der Waals surface area contributed by atoms with Gasteiger partial charge in [-0.3, -0.25) is 4.79 Å². The summed E-state index contributed by atoms with van der Waals surface area (Å²) in [5, 5.41) is 74.1. The molecule has 1 saturated heterocycles. The molecule has 0 aromatic carbocycles. The molecule has 0 aromatic rings. The van der Waals surface area contributed by atoms with E-state index in [0.717, 1.165) is 0 Å². The van der Waals surface area contributed by atoms with Gasteiger partial charge in [0.05, 0.1) is 13.2 Å². The average Bonchev–Trinajstić information content (AvgIpc) is 2.84. The number of hydrogen-bond donors (Lipinski definition) is 8. The van der Waals surface area contributed by atoms with E-state index in [-0.39, 0.29) is 0 Å². The summed E-state index contributed by atoms with van der Waals surface area (Å²) >= 11 is 0. The molecule has 0 aromatic heterocycles. The van der Waals surface area contributed by atoms with Gasteiger partial charge in [0.15, 0.2) is 12.1 Å². The topological polar surface area (TPSA) is 197 Å². The van der Waals surface area contributed by atoms with Gasteiger partial charge in [-0.15, -0.1) is 0 Å². The van der Waals surface area contributed by atoms with Crippen LogP contribution in [0.2, 0.25) is 0 Å². The van der Waals surface area contributed by atoms with Gasteiger partial charge in [-0.2, -0.15) is 0 Å². The van der Waals surface area contributed by atoms with Crippen LogP contribution in [-0.2, 0) is 14.3 Å². The predicted molar refractivity (Wildman–Crippen MR) is 69.8 cm³/mol. The molecular weight excluding hydrogens is 320 g/mol. The van der Waals surface area contributed by atoms with Crippen molar-refractivity contribution in [2.45, 2.75) is 49.0 Å². The third kappa shape index (κ3) is 4.87. The van der Waals surface area contributed by atoms with Gasteiger partial charge in [-0.05, 0) is 0 Å². The molecule has 8 N–H and O–H groups in total. The van der Waals surface area contributed by atoms with Crippen molar-refractivity contribution < 1.29 is 55.1 Å². The van der Waals surface area contributed by atoms with Crippen molar-refractivity contribution in [3.05, 3.63) is 0 Å². The SMILES string of the molecule is O=C(CO[C@@H]1O[C@@H]([C@H](O)CO)[C@H](O)[C@H]1O)[C@H](O)[C@H](O)[C@@H](O)CO. The lowest BCUT2D eigenvalue weighted by atomic mass is 10.1. The molecule has 11 heteroatoms. The van der Waals surface area contributed by atoms with Crippen LogP contribution < -0.4 is 0 Å². The summed E-state index contributed by atoms with van der Waals surface area (Å²) in [4.78, 5) is 11.6. The quantitative estimate of drug-likeness (QED) is 0.199. The fourth-order valence-electron chi connectivity index (χ4n) is 1.99. The van der Waals surface area contributed by atoms with E-state index in [0.29, 0.717) is 0 Å². The molecule has 0 amide bonds. The summed E-state index contributed by atoms with van der Waals surface area (Å²) in [5.74, 6) is -1.07. The van der Waals surface area contributed by atoms with Crippen LogP contribution in [0.1, 0.15) is 0 Å². The Labute approximate surface area is 130 Å². The Kier molecular flexibility index (Phi) is 7.89. The Morgan fingerprint density at radius 1 is 1.04 bits per heavy atom. The summed E-state index contributed by atoms with van der Waals surface area (Å²) in [6.45, 7) is -2.44. The van der Waals surface area contributed by atoms with Crippen LogP contribution in [0.4, 0.5) is 0 Å². The maximum atomic E-state index is 11.6. The normalized spacial score (nSPS) is 33.2. The Bertz CT molecular complexity index is 378. The van der Waals surface area contributed by atoms with E-state index < -0.39 is 74.6 Å². The molecule has 1 fully saturated rings. The van der Waals surface area contributed by atoms with Crippen molar-refractivity contribution in [1.29, 1.82) is 0 Å². The molecule has 0 radical (unpaired) electrons. The Hall–Kier alpha value is -0.730. The molecule has 0 unspecified atom stereocenters. The number of aliphatic hydroxyl groups is 8. The molecule has 1 heterocycles. The first-order chi connectivity index (χ1) is 10.7. The minimum Gasteiger partial charge on any atom is -0.394 e. The van der Waals surface area contributed by atoms with Crippen molar-refractivity contribution in [3.8, 4) is 0 Å². The fraction of sp³-hybridized carbons (Fsp3) is 0.917. The molecule has 1 aliphatic rings. The average molecular weight is 342 g/mol. The minimum absolute atomic E-state index is 0.732. The molecule has 0 bridgehead atoms. The van der Waals surface area contributed by atoms with Gasteiger partial charge in [0, 0.05) is 0 Å². The summed E-state index contributed by atoms with van der Waals surface area (Å²) < 4.78 is 9.85. The zero-order chi connectivity index (χ0) is 17.7. The standard InChI is InChI=1S/C12H22O11/c13-1-4(15)7(18)8(19)6(17)3-22-12-10(21)9(20)11(23-12)5(16)2-14/h4-5,7-16,18-21H,1-3H2/t4-,5+,7+,8-,9+,10+,11-,12+/m0/s1. The smallest absolute Gasteiger partial charge is 0.189 e. The zero-order valence-electron chi connectivity index (χ0n) is 12.0. The Morgan fingerprint density at radius 2 is 1.65 bits per heavy atom. The molecule has 8 atom stereocenters. The minimum atomic E-state index is -2.04. The maximum Gasteiger partial charge on any atom is 0.189 e. The maximum absolute atomic E-state index is 11.6. The highest BCUT2D eigenvalue weighted by Crippen LogP contribution is 2.24. The first-order valence-corrected chi connectivity index (χ1v) is 6.84. The number of hydrogen-bond acceptors (Lipinski definition) is 11. The summed E-state index contributed by atoms with van der Waals surface area (Å²) in [6, 6.07) is 0. The van der Waals surface area contributed by atoms with E-state index in [1.54, 1.807) is 0 Å². The van der Waals surface area contributed by atoms with Gasteiger partial charge in [-0.25, -0.2) is 0 Å². The van der Waals surface area contributed by atoms with E-state index in [1.807, 2.05) is 0 Å². The third-order valence-electron chi connectivity index (χ3n) is 3.45. The molecule has 11 nitrogen and oxygen atoms in total. The van der Waals surface area contributed by atoms with E-state index in [1.165, 1.54) is 0 Å². The summed E-state index contributed by atoms with van der Waals surface area (Å²) in [6.07, 6.45) is -13.2. The molecule has 0 aliphatic carbocycles. The lowest BCUT2D eigenvalue weighted by Crippen LogP contribution is -2.45. The lowest BCUT2D eigenvalue weighted by Gasteiger charge is -2.21. The monoisotopic (exact) mass is 342 g/mol. The first-order valence-electron chi connectivity index (χ1n) is 6.84. The van der Waals surface area contributed by atoms with Gasteiger partial charge in [0.1, 0.15) is 49.3 Å². The van der Waals surface area contributed by atoms with Gasteiger partial charge in [0.2, 0.25) is 0 Å². The van der Waals surface area contributed by atoms with E-state index >= 15 is 0 Å². The van der Waals surface area contributed by atoms with Gasteiger partial charge < -0.3 is 50.3 Å². The summed E-state index contributed by atoms with van der Waals surface area (Å²) in [7, 11) is 0. The van der Waals surface area contributed by atoms with Gasteiger partial charge in [-0.1, -0.05) is 0 Å². The Balaban J connectivity index is 2.53. The molecule has 23 heavy (non-hydrogen) atoms. The number of carbonyl (C=O) groups is 1. The second-order valence-electron chi connectivity index (χ2n) is 5.16. The van der Waals surface area contributed by atoms with Crippen molar-refractivity contribution in [1.82, 2.24) is 0 Å². The highest BCUT2D eigenvalue weighted by atomic mass is 16.7. The van der Waals surface area contributed by atoms with Crippen LogP contribution in [0, 0.1) is 0 Å². The Morgan fingerprint density at radius 3 is 2.17 bits per heavy atom. The predicted octanol–water partition coefficient (Wildman–Crippen LogP) is -5.55. The number of Topliss-reactive ketones (excluding diaryl/α,β-unsaturated/α-hetero) is 1. The van der Waals surface area contributed by atoms with E-state index in [4.69, 9.17) is 24.8 Å². The molecular formula is C12H22O11. The number of carbonyl (C=O) groups excluding carboxylic acids is 1. The van der Waals surface area contributed by atoms with Crippen LogP contribution in [-0.4, -0.2) is 115 Å². The van der Waals surface area contributed by atoms with Crippen LogP contribution >= 0.6 is 0 Å². The van der Waals surface area contributed by atoms with E-state index in [9.17, 15) is 30.3 Å². The largest absolute Gasteiger partial charge is 0.394 e. The molecule has 0 spiro atoms. The number of ether oxygens (including phenoxy) is 2. The van der Waals surface area contributed by atoms with Crippen molar-refractivity contribution >= 4 is 5.78 Å². The second-order valence-corrected chi connectivity index (χ2v) is 5.16. The van der Waals surface area contributed by atoms with Crippen molar-refractivity contribution in [3.63, 3.8) is 0 Å². The molecule has 136 valence electrons. The number of ketones is 1. The first kappa shape index (κ1) is 20.3. The van der Waals surface area contributed by atoms with Crippen LogP contribution in [0.25, 0.3) is 0 Å². The van der Waals surface area contributed by atoms with Gasteiger partial charge >= 0.3 is 0 Å². The van der Waals surface area contributed by atoms with Gasteiger partial charge in [0.25, 0.3) is 0 Å². The summed E-state index contributed by atoms with van der Waals surface area (Å²) in [5.41, 5.74) is 0. The number of aliphatic hydroxyl groups excluding tert-OH is 8. The lowest BCUT2D eigenvalue weighted by molar-refractivity contribution is -0.188. The number of rotatable bonds is 9. The highest BCUT2D eigenvalue weighted by Gasteiger charge is 2.46. The van der Waals surface area contributed by atoms with Crippen LogP contribution in [0.3, 0.4) is 0 Å². The second kappa shape index (κ2) is 8.94. The fourth-order valence-corrected chi connectivity index (χ4v) is 1.99. The molecule has 1 aliphatic heterocycles. The third-order valence-corrected chi connectivity index (χ3v) is 3.45. The van der Waals surface area contributed by atoms with Crippen molar-refractivity contribution in [2.75, 3.05) is 19.8 Å². The van der Waals surface area contributed by atoms with Crippen LogP contribution in [0.15, 0.2) is 0 Å². The van der Waals surface area contributed by atoms with Crippen molar-refractivity contribution in [2.24, 2.45) is 0 Å². The van der Waals surface area contributed by atoms with Crippen LogP contribution in [0.5, 0.6) is 0 Å². The highest BCUT2D eigenvalue weighted by molar-refractivity contribution is 5.84. The van der Waals surface area contributed by atoms with E-state index in [2.05, 4.69) is 0 Å². The zero-order valence-corrected chi connectivity index (χ0v) is 12.0. The molecule has 0 saturated carbocycles.